The molecule has 1 aromatic heterocycles. The zero-order valence-corrected chi connectivity index (χ0v) is 17.8. The Bertz CT molecular complexity index is 1010. The zero-order chi connectivity index (χ0) is 20.1. The topological polar surface area (TPSA) is 86.5 Å². The molecular weight excluding hydrogens is 458 g/mol. The summed E-state index contributed by atoms with van der Waals surface area (Å²) >= 11 is 4.67. The molecule has 0 saturated carbocycles. The molecule has 0 fully saturated rings. The number of benzene rings is 2. The van der Waals surface area contributed by atoms with E-state index in [9.17, 15) is 4.79 Å². The molecule has 3 aromatic rings. The van der Waals surface area contributed by atoms with Gasteiger partial charge in [0.1, 0.15) is 13.2 Å². The van der Waals surface area contributed by atoms with E-state index < -0.39 is 0 Å². The maximum absolute atomic E-state index is 12.1. The molecule has 0 spiro atoms. The lowest BCUT2D eigenvalue weighted by Gasteiger charge is -2.18. The first kappa shape index (κ1) is 19.8. The first-order valence-corrected chi connectivity index (χ1v) is 10.8. The van der Waals surface area contributed by atoms with E-state index in [1.54, 1.807) is 0 Å². The molecule has 4 rings (SSSR count). The summed E-state index contributed by atoms with van der Waals surface area (Å²) in [4.78, 5) is 12.1. The summed E-state index contributed by atoms with van der Waals surface area (Å²) in [5.74, 6) is 2.06. The summed E-state index contributed by atoms with van der Waals surface area (Å²) in [6.45, 7) is 1.67. The highest BCUT2D eigenvalue weighted by Gasteiger charge is 2.14. The van der Waals surface area contributed by atoms with E-state index in [-0.39, 0.29) is 11.7 Å². The molecule has 0 saturated heterocycles. The van der Waals surface area contributed by atoms with Crippen molar-refractivity contribution in [3.8, 4) is 23.0 Å². The molecule has 0 atom stereocenters. The van der Waals surface area contributed by atoms with Crippen LogP contribution in [0.15, 0.2) is 56.6 Å². The molecule has 2 aromatic carbocycles. The Hall–Kier alpha value is -2.52. The Morgan fingerprint density at radius 2 is 1.93 bits per heavy atom. The number of aromatic nitrogens is 2. The fraction of sp³-hybridized carbons (Fsp3) is 0.250. The van der Waals surface area contributed by atoms with Crippen LogP contribution < -0.4 is 14.8 Å². The van der Waals surface area contributed by atoms with Crippen molar-refractivity contribution in [1.29, 1.82) is 0 Å². The summed E-state index contributed by atoms with van der Waals surface area (Å²) < 4.78 is 17.6. The molecule has 0 unspecified atom stereocenters. The quantitative estimate of drug-likeness (QED) is 0.521. The van der Waals surface area contributed by atoms with Gasteiger partial charge in [0.25, 0.3) is 5.22 Å². The Morgan fingerprint density at radius 1 is 1.10 bits per heavy atom. The van der Waals surface area contributed by atoms with Gasteiger partial charge in [-0.25, -0.2) is 0 Å². The number of nitrogens with one attached hydrogen (secondary N) is 1. The first-order chi connectivity index (χ1) is 14.2. The van der Waals surface area contributed by atoms with Gasteiger partial charge in [-0.2, -0.15) is 0 Å². The summed E-state index contributed by atoms with van der Waals surface area (Å²) in [5.41, 5.74) is 1.90. The maximum atomic E-state index is 12.1. The average Bonchev–Trinajstić information content (AvgIpc) is 3.21. The van der Waals surface area contributed by atoms with Crippen molar-refractivity contribution >= 4 is 33.6 Å². The van der Waals surface area contributed by atoms with Gasteiger partial charge in [-0.3, -0.25) is 4.79 Å². The van der Waals surface area contributed by atoms with Gasteiger partial charge in [0.2, 0.25) is 11.8 Å². The van der Waals surface area contributed by atoms with Crippen LogP contribution in [0.3, 0.4) is 0 Å². The number of rotatable bonds is 7. The van der Waals surface area contributed by atoms with Gasteiger partial charge in [-0.05, 0) is 52.2 Å². The van der Waals surface area contributed by atoms with E-state index >= 15 is 0 Å². The van der Waals surface area contributed by atoms with E-state index in [0.29, 0.717) is 37.3 Å². The number of halogens is 1. The van der Waals surface area contributed by atoms with Gasteiger partial charge in [-0.15, -0.1) is 10.2 Å². The second-order valence-electron chi connectivity index (χ2n) is 6.22. The third kappa shape index (κ3) is 5.10. The van der Waals surface area contributed by atoms with Crippen molar-refractivity contribution in [3.63, 3.8) is 0 Å². The van der Waals surface area contributed by atoms with Crippen LogP contribution in [0.2, 0.25) is 0 Å². The highest BCUT2D eigenvalue weighted by atomic mass is 79.9. The summed E-state index contributed by atoms with van der Waals surface area (Å²) in [7, 11) is 0. The van der Waals surface area contributed by atoms with Gasteiger partial charge in [0.15, 0.2) is 11.5 Å². The number of carbonyl (C=O) groups is 1. The molecule has 1 amide bonds. The zero-order valence-electron chi connectivity index (χ0n) is 15.4. The molecule has 0 radical (unpaired) electrons. The number of thioether (sulfide) groups is 1. The predicted molar refractivity (Wildman–Crippen MR) is 112 cm³/mol. The molecule has 2 heterocycles. The van der Waals surface area contributed by atoms with Crippen molar-refractivity contribution < 1.29 is 18.7 Å². The van der Waals surface area contributed by atoms with Gasteiger partial charge in [0, 0.05) is 11.0 Å². The summed E-state index contributed by atoms with van der Waals surface area (Å²) in [5, 5.41) is 11.3. The van der Waals surface area contributed by atoms with Crippen molar-refractivity contribution in [1.82, 2.24) is 15.5 Å². The molecule has 7 nitrogen and oxygen atoms in total. The molecule has 29 heavy (non-hydrogen) atoms. The third-order valence-electron chi connectivity index (χ3n) is 4.18. The number of amides is 1. The number of fused-ring (bicyclic) bond motifs is 1. The van der Waals surface area contributed by atoms with Crippen LogP contribution in [0.25, 0.3) is 11.5 Å². The van der Waals surface area contributed by atoms with Gasteiger partial charge < -0.3 is 19.2 Å². The number of hydrogen-bond acceptors (Lipinski definition) is 7. The molecule has 150 valence electrons. The van der Waals surface area contributed by atoms with Crippen LogP contribution in [0, 0.1) is 0 Å². The average molecular weight is 476 g/mol. The molecule has 1 aliphatic heterocycles. The molecule has 1 aliphatic rings. The Balaban J connectivity index is 1.23. The normalized spacial score (nSPS) is 12.6. The SMILES string of the molecule is O=C(CSc1nnc(-c2ccccc2Br)o1)NCCc1ccc2c(c1)OCCO2. The lowest BCUT2D eigenvalue weighted by molar-refractivity contribution is -0.118. The number of nitrogens with zero attached hydrogens (tertiary/aromatic N) is 2. The lowest BCUT2D eigenvalue weighted by atomic mass is 10.1. The van der Waals surface area contributed by atoms with Crippen molar-refractivity contribution in [3.05, 3.63) is 52.5 Å². The Morgan fingerprint density at radius 3 is 2.79 bits per heavy atom. The minimum atomic E-state index is -0.0896. The molecule has 1 N–H and O–H groups in total. The van der Waals surface area contributed by atoms with Gasteiger partial charge in [0.05, 0.1) is 11.3 Å². The van der Waals surface area contributed by atoms with Crippen LogP contribution >= 0.6 is 27.7 Å². The summed E-state index contributed by atoms with van der Waals surface area (Å²) in [6.07, 6.45) is 0.708. The highest BCUT2D eigenvalue weighted by Crippen LogP contribution is 2.31. The summed E-state index contributed by atoms with van der Waals surface area (Å²) in [6, 6.07) is 13.4. The van der Waals surface area contributed by atoms with E-state index in [1.807, 2.05) is 42.5 Å². The minimum Gasteiger partial charge on any atom is -0.486 e. The number of carbonyl (C=O) groups excluding carboxylic acids is 1. The van der Waals surface area contributed by atoms with Gasteiger partial charge in [-0.1, -0.05) is 30.0 Å². The largest absolute Gasteiger partial charge is 0.486 e. The van der Waals surface area contributed by atoms with Crippen molar-refractivity contribution in [2.45, 2.75) is 11.6 Å². The fourth-order valence-corrected chi connectivity index (χ4v) is 3.83. The molecule has 9 heteroatoms. The van der Waals surface area contributed by atoms with Crippen LogP contribution in [-0.2, 0) is 11.2 Å². The van der Waals surface area contributed by atoms with Crippen LogP contribution in [0.5, 0.6) is 11.5 Å². The Labute approximate surface area is 180 Å². The highest BCUT2D eigenvalue weighted by molar-refractivity contribution is 9.10. The monoisotopic (exact) mass is 475 g/mol. The molecular formula is C20H18BrN3O4S. The van der Waals surface area contributed by atoms with Crippen molar-refractivity contribution in [2.75, 3.05) is 25.5 Å². The lowest BCUT2D eigenvalue weighted by Crippen LogP contribution is -2.27. The van der Waals surface area contributed by atoms with E-state index in [1.165, 1.54) is 11.8 Å². The number of ether oxygens (including phenoxy) is 2. The maximum Gasteiger partial charge on any atom is 0.277 e. The van der Waals surface area contributed by atoms with Crippen LogP contribution in [0.4, 0.5) is 0 Å². The number of hydrogen-bond donors (Lipinski definition) is 1. The first-order valence-electron chi connectivity index (χ1n) is 9.05. The predicted octanol–water partition coefficient (Wildman–Crippen LogP) is 3.72. The minimum absolute atomic E-state index is 0.0896. The molecule has 0 bridgehead atoms. The Kier molecular flexibility index (Phi) is 6.36. The van der Waals surface area contributed by atoms with Crippen molar-refractivity contribution in [2.24, 2.45) is 0 Å². The standard InChI is InChI=1S/C20H18BrN3O4S/c21-15-4-2-1-3-14(15)19-23-24-20(28-19)29-12-18(25)22-8-7-13-5-6-16-17(11-13)27-10-9-26-16/h1-6,11H,7-10,12H2,(H,22,25). The molecule has 0 aliphatic carbocycles. The van der Waals surface area contributed by atoms with Crippen LogP contribution in [0.1, 0.15) is 5.56 Å². The van der Waals surface area contributed by atoms with Crippen LogP contribution in [-0.4, -0.2) is 41.6 Å². The second kappa shape index (κ2) is 9.32. The van der Waals surface area contributed by atoms with E-state index in [0.717, 1.165) is 27.1 Å². The fourth-order valence-electron chi connectivity index (χ4n) is 2.78. The van der Waals surface area contributed by atoms with E-state index in [4.69, 9.17) is 13.9 Å². The third-order valence-corrected chi connectivity index (χ3v) is 5.69. The smallest absolute Gasteiger partial charge is 0.277 e. The van der Waals surface area contributed by atoms with E-state index in [2.05, 4.69) is 31.4 Å². The van der Waals surface area contributed by atoms with Gasteiger partial charge >= 0.3 is 0 Å². The second-order valence-corrected chi connectivity index (χ2v) is 8.00.